The highest BCUT2D eigenvalue weighted by atomic mass is 32.1. The Bertz CT molecular complexity index is 1110. The van der Waals surface area contributed by atoms with Crippen molar-refractivity contribution in [3.63, 3.8) is 0 Å². The number of aromatic nitrogens is 2. The maximum Gasteiger partial charge on any atom is 0.338 e. The fourth-order valence-electron chi connectivity index (χ4n) is 3.81. The molecule has 1 aromatic carbocycles. The van der Waals surface area contributed by atoms with Crippen LogP contribution < -0.4 is 4.90 Å². The van der Waals surface area contributed by atoms with Gasteiger partial charge in [-0.25, -0.2) is 14.8 Å². The Morgan fingerprint density at radius 3 is 2.62 bits per heavy atom. The smallest absolute Gasteiger partial charge is 0.338 e. The summed E-state index contributed by atoms with van der Waals surface area (Å²) in [4.78, 5) is 54.5. The van der Waals surface area contributed by atoms with E-state index in [0.717, 1.165) is 29.0 Å². The molecule has 5 rings (SSSR count). The number of hydrogen-bond acceptors (Lipinski definition) is 8. The Labute approximate surface area is 169 Å². The molecule has 29 heavy (non-hydrogen) atoms. The summed E-state index contributed by atoms with van der Waals surface area (Å²) < 4.78 is 0. The van der Waals surface area contributed by atoms with E-state index in [-0.39, 0.29) is 11.1 Å². The van der Waals surface area contributed by atoms with E-state index in [9.17, 15) is 14.4 Å². The number of anilines is 1. The number of hydrogen-bond donors (Lipinski definition) is 0. The van der Waals surface area contributed by atoms with Gasteiger partial charge in [-0.05, 0) is 36.4 Å². The highest BCUT2D eigenvalue weighted by Crippen LogP contribution is 2.31. The SMILES string of the molecule is O=C(ON1C(=O)c2ccccc2C1=O)C1CCCN(c2ncnc3sccc23)C1. The summed E-state index contributed by atoms with van der Waals surface area (Å²) in [5.41, 5.74) is 0.493. The molecule has 1 saturated heterocycles. The number of nitrogens with zero attached hydrogens (tertiary/aromatic N) is 4. The number of imide groups is 1. The lowest BCUT2D eigenvalue weighted by Crippen LogP contribution is -2.42. The molecule has 0 N–H and O–H groups in total. The van der Waals surface area contributed by atoms with Gasteiger partial charge in [-0.1, -0.05) is 17.2 Å². The van der Waals surface area contributed by atoms with Crippen LogP contribution in [0.4, 0.5) is 5.82 Å². The van der Waals surface area contributed by atoms with Gasteiger partial charge in [-0.15, -0.1) is 11.3 Å². The molecule has 0 bridgehead atoms. The van der Waals surface area contributed by atoms with Crippen LogP contribution in [0.1, 0.15) is 33.6 Å². The van der Waals surface area contributed by atoms with Crippen molar-refractivity contribution in [3.8, 4) is 0 Å². The fourth-order valence-corrected chi connectivity index (χ4v) is 4.53. The first-order valence-electron chi connectivity index (χ1n) is 9.26. The molecule has 2 amide bonds. The van der Waals surface area contributed by atoms with E-state index in [4.69, 9.17) is 4.84 Å². The van der Waals surface area contributed by atoms with E-state index in [0.29, 0.717) is 18.0 Å². The number of thiophene rings is 1. The van der Waals surface area contributed by atoms with Crippen LogP contribution in [0.2, 0.25) is 0 Å². The van der Waals surface area contributed by atoms with Crippen molar-refractivity contribution >= 4 is 45.2 Å². The zero-order chi connectivity index (χ0) is 20.0. The van der Waals surface area contributed by atoms with Gasteiger partial charge in [0.1, 0.15) is 17.0 Å². The molecule has 0 radical (unpaired) electrons. The molecule has 9 heteroatoms. The molecule has 0 aliphatic carbocycles. The number of piperidine rings is 1. The van der Waals surface area contributed by atoms with Crippen molar-refractivity contribution in [2.24, 2.45) is 5.92 Å². The quantitative estimate of drug-likeness (QED) is 0.615. The van der Waals surface area contributed by atoms with Gasteiger partial charge in [0, 0.05) is 13.1 Å². The third-order valence-corrected chi connectivity index (χ3v) is 6.05. The third kappa shape index (κ3) is 2.94. The predicted octanol–water partition coefficient (Wildman–Crippen LogP) is 2.66. The standard InChI is InChI=1S/C20H16N4O4S/c25-18-13-5-1-2-6-14(13)19(26)24(18)28-20(27)12-4-3-8-23(10-12)16-15-7-9-29-17(15)22-11-21-16/h1-2,5-7,9,11-12H,3-4,8,10H2. The molecular weight excluding hydrogens is 392 g/mol. The number of fused-ring (bicyclic) bond motifs is 2. The van der Waals surface area contributed by atoms with Crippen LogP contribution in [0, 0.1) is 5.92 Å². The lowest BCUT2D eigenvalue weighted by Gasteiger charge is -2.32. The van der Waals surface area contributed by atoms with Crippen LogP contribution in [0.15, 0.2) is 42.0 Å². The molecule has 1 fully saturated rings. The van der Waals surface area contributed by atoms with Gasteiger partial charge in [0.2, 0.25) is 0 Å². The average Bonchev–Trinajstić information content (AvgIpc) is 3.33. The summed E-state index contributed by atoms with van der Waals surface area (Å²) in [5, 5.41) is 3.49. The maximum absolute atomic E-state index is 12.8. The van der Waals surface area contributed by atoms with Crippen LogP contribution in [0.3, 0.4) is 0 Å². The van der Waals surface area contributed by atoms with Crippen molar-refractivity contribution in [3.05, 3.63) is 53.2 Å². The van der Waals surface area contributed by atoms with Crippen LogP contribution >= 0.6 is 11.3 Å². The number of amides is 2. The Morgan fingerprint density at radius 2 is 1.86 bits per heavy atom. The summed E-state index contributed by atoms with van der Waals surface area (Å²) in [7, 11) is 0. The number of carbonyl (C=O) groups excluding carboxylic acids is 3. The van der Waals surface area contributed by atoms with Gasteiger partial charge in [0.05, 0.1) is 22.4 Å². The molecule has 1 atom stereocenters. The minimum Gasteiger partial charge on any atom is -0.355 e. The van der Waals surface area contributed by atoms with Crippen LogP contribution in [-0.2, 0) is 9.63 Å². The van der Waals surface area contributed by atoms with Crippen LogP contribution in [0.5, 0.6) is 0 Å². The summed E-state index contributed by atoms with van der Waals surface area (Å²) in [6.45, 7) is 1.17. The second-order valence-corrected chi connectivity index (χ2v) is 7.88. The zero-order valence-electron chi connectivity index (χ0n) is 15.3. The van der Waals surface area contributed by atoms with Crippen molar-refractivity contribution in [2.45, 2.75) is 12.8 Å². The van der Waals surface area contributed by atoms with E-state index in [2.05, 4.69) is 9.97 Å². The first kappa shape index (κ1) is 17.7. The van der Waals surface area contributed by atoms with Gasteiger partial charge in [-0.2, -0.15) is 0 Å². The molecule has 2 aromatic heterocycles. The van der Waals surface area contributed by atoms with Gasteiger partial charge >= 0.3 is 5.97 Å². The Morgan fingerprint density at radius 1 is 1.10 bits per heavy atom. The van der Waals surface area contributed by atoms with E-state index in [1.807, 2.05) is 16.3 Å². The second kappa shape index (κ2) is 6.93. The van der Waals surface area contributed by atoms with E-state index < -0.39 is 23.7 Å². The van der Waals surface area contributed by atoms with Gasteiger partial charge < -0.3 is 9.74 Å². The van der Waals surface area contributed by atoms with Gasteiger partial charge in [0.25, 0.3) is 11.8 Å². The first-order chi connectivity index (χ1) is 14.1. The molecule has 2 aliphatic heterocycles. The summed E-state index contributed by atoms with van der Waals surface area (Å²) in [5.74, 6) is -1.48. The number of rotatable bonds is 3. The fraction of sp³-hybridized carbons (Fsp3) is 0.250. The van der Waals surface area contributed by atoms with E-state index >= 15 is 0 Å². The monoisotopic (exact) mass is 408 g/mol. The molecule has 8 nitrogen and oxygen atoms in total. The number of benzene rings is 1. The summed E-state index contributed by atoms with van der Waals surface area (Å²) in [6, 6.07) is 8.40. The molecule has 1 unspecified atom stereocenters. The van der Waals surface area contributed by atoms with Crippen molar-refractivity contribution in [1.82, 2.24) is 15.0 Å². The number of carbonyl (C=O) groups is 3. The minimum atomic E-state index is -0.609. The highest BCUT2D eigenvalue weighted by Gasteiger charge is 2.40. The van der Waals surface area contributed by atoms with E-state index in [1.165, 1.54) is 17.7 Å². The van der Waals surface area contributed by atoms with Crippen molar-refractivity contribution in [2.75, 3.05) is 18.0 Å². The van der Waals surface area contributed by atoms with E-state index in [1.54, 1.807) is 24.3 Å². The molecular formula is C20H16N4O4S. The molecule has 0 saturated carbocycles. The summed E-state index contributed by atoms with van der Waals surface area (Å²) >= 11 is 1.54. The largest absolute Gasteiger partial charge is 0.355 e. The molecule has 146 valence electrons. The molecule has 3 aromatic rings. The summed E-state index contributed by atoms with van der Waals surface area (Å²) in [6.07, 6.45) is 2.92. The maximum atomic E-state index is 12.8. The van der Waals surface area contributed by atoms with Crippen molar-refractivity contribution in [1.29, 1.82) is 0 Å². The third-order valence-electron chi connectivity index (χ3n) is 5.23. The highest BCUT2D eigenvalue weighted by molar-refractivity contribution is 7.16. The topological polar surface area (TPSA) is 92.7 Å². The molecule has 2 aliphatic rings. The van der Waals surface area contributed by atoms with Crippen molar-refractivity contribution < 1.29 is 19.2 Å². The Kier molecular flexibility index (Phi) is 4.24. The van der Waals surface area contributed by atoms with Gasteiger partial charge in [0.15, 0.2) is 0 Å². The lowest BCUT2D eigenvalue weighted by molar-refractivity contribution is -0.174. The van der Waals surface area contributed by atoms with Crippen LogP contribution in [-0.4, -0.2) is 45.9 Å². The predicted molar refractivity (Wildman–Crippen MR) is 105 cm³/mol. The minimum absolute atomic E-state index is 0.247. The van der Waals surface area contributed by atoms with Crippen LogP contribution in [0.25, 0.3) is 10.2 Å². The molecule has 0 spiro atoms. The van der Waals surface area contributed by atoms with Gasteiger partial charge in [-0.3, -0.25) is 9.59 Å². The first-order valence-corrected chi connectivity index (χ1v) is 10.1. The number of hydroxylamine groups is 2. The second-order valence-electron chi connectivity index (χ2n) is 6.98. The Balaban J connectivity index is 1.33. The normalized spacial score (nSPS) is 19.0. The molecule has 4 heterocycles. The Hall–Kier alpha value is -3.33. The average molecular weight is 408 g/mol. The zero-order valence-corrected chi connectivity index (χ0v) is 16.1. The lowest BCUT2D eigenvalue weighted by atomic mass is 9.98.